The molecule has 0 spiro atoms. The molecule has 2 saturated heterocycles. The first-order chi connectivity index (χ1) is 16.5. The third-order valence-electron chi connectivity index (χ3n) is 6.39. The van der Waals surface area contributed by atoms with E-state index in [1.807, 2.05) is 12.1 Å². The number of amides is 2. The molecule has 0 bridgehead atoms. The van der Waals surface area contributed by atoms with Gasteiger partial charge in [0, 0.05) is 6.04 Å². The highest BCUT2D eigenvalue weighted by atomic mass is 19.4. The molecule has 2 aliphatic heterocycles. The molecular formula is C24H25F6N3O2. The third kappa shape index (κ3) is 5.72. The quantitative estimate of drug-likeness (QED) is 0.553. The van der Waals surface area contributed by atoms with Crippen molar-refractivity contribution in [3.63, 3.8) is 0 Å². The maximum Gasteiger partial charge on any atom is 0.416 e. The van der Waals surface area contributed by atoms with Gasteiger partial charge in [-0.15, -0.1) is 0 Å². The van der Waals surface area contributed by atoms with E-state index >= 15 is 0 Å². The lowest BCUT2D eigenvalue weighted by Crippen LogP contribution is -2.45. The average molecular weight is 501 g/mol. The second kappa shape index (κ2) is 9.69. The van der Waals surface area contributed by atoms with Gasteiger partial charge in [0.25, 0.3) is 0 Å². The minimum absolute atomic E-state index is 0.0275. The van der Waals surface area contributed by atoms with Gasteiger partial charge in [0.15, 0.2) is 0 Å². The zero-order valence-corrected chi connectivity index (χ0v) is 18.7. The van der Waals surface area contributed by atoms with Crippen molar-refractivity contribution < 1.29 is 35.9 Å². The van der Waals surface area contributed by atoms with Crippen molar-refractivity contribution in [3.05, 3.63) is 70.8 Å². The van der Waals surface area contributed by atoms with Gasteiger partial charge in [-0.1, -0.05) is 30.3 Å². The van der Waals surface area contributed by atoms with Crippen molar-refractivity contribution in [1.29, 1.82) is 0 Å². The van der Waals surface area contributed by atoms with Gasteiger partial charge >= 0.3 is 18.4 Å². The predicted molar refractivity (Wildman–Crippen MR) is 115 cm³/mol. The summed E-state index contributed by atoms with van der Waals surface area (Å²) in [6.45, 7) is 1.23. The second-order valence-corrected chi connectivity index (χ2v) is 8.89. The van der Waals surface area contributed by atoms with E-state index in [1.165, 1.54) is 0 Å². The lowest BCUT2D eigenvalue weighted by atomic mass is 9.91. The van der Waals surface area contributed by atoms with Crippen LogP contribution in [0.2, 0.25) is 0 Å². The highest BCUT2D eigenvalue weighted by molar-refractivity contribution is 5.79. The molecule has 2 aliphatic rings. The van der Waals surface area contributed by atoms with E-state index in [2.05, 4.69) is 10.6 Å². The first kappa shape index (κ1) is 25.3. The van der Waals surface area contributed by atoms with Crippen molar-refractivity contribution in [2.75, 3.05) is 26.2 Å². The third-order valence-corrected chi connectivity index (χ3v) is 6.39. The Morgan fingerprint density at radius 3 is 2.11 bits per heavy atom. The van der Waals surface area contributed by atoms with Gasteiger partial charge < -0.3 is 20.3 Å². The van der Waals surface area contributed by atoms with E-state index in [1.54, 1.807) is 23.1 Å². The van der Waals surface area contributed by atoms with Gasteiger partial charge in [-0.05, 0) is 55.3 Å². The highest BCUT2D eigenvalue weighted by Gasteiger charge is 2.46. The molecule has 0 aromatic heterocycles. The molecule has 4 rings (SSSR count). The summed E-state index contributed by atoms with van der Waals surface area (Å²) in [5.74, 6) is 0. The van der Waals surface area contributed by atoms with Crippen molar-refractivity contribution in [3.8, 4) is 0 Å². The molecule has 5 nitrogen and oxygen atoms in total. The molecule has 11 heteroatoms. The summed E-state index contributed by atoms with van der Waals surface area (Å²) in [5.41, 5.74) is -3.29. The molecule has 2 aromatic carbocycles. The Balaban J connectivity index is 1.56. The van der Waals surface area contributed by atoms with E-state index in [9.17, 15) is 31.1 Å². The number of rotatable bonds is 6. The fraction of sp³-hybridized carbons (Fsp3) is 0.458. The maximum atomic E-state index is 13.2. The lowest BCUT2D eigenvalue weighted by molar-refractivity contribution is -0.143. The summed E-state index contributed by atoms with van der Waals surface area (Å²) in [6, 6.07) is 10.1. The Morgan fingerprint density at radius 2 is 1.54 bits per heavy atom. The molecule has 2 aromatic rings. The number of nitrogens with one attached hydrogen (secondary N) is 2. The van der Waals surface area contributed by atoms with Crippen LogP contribution in [-0.4, -0.2) is 43.2 Å². The smallest absolute Gasteiger partial charge is 0.374 e. The van der Waals surface area contributed by atoms with E-state index in [4.69, 9.17) is 4.74 Å². The number of benzene rings is 2. The Bertz CT molecular complexity index is 1010. The van der Waals surface area contributed by atoms with Gasteiger partial charge in [-0.3, -0.25) is 0 Å². The summed E-state index contributed by atoms with van der Waals surface area (Å²) in [5, 5.41) is 6.22. The Morgan fingerprint density at radius 1 is 0.943 bits per heavy atom. The van der Waals surface area contributed by atoms with Crippen LogP contribution < -0.4 is 10.6 Å². The molecule has 0 aliphatic carbocycles. The minimum atomic E-state index is -4.93. The summed E-state index contributed by atoms with van der Waals surface area (Å²) in [4.78, 5) is 14.6. The first-order valence-corrected chi connectivity index (χ1v) is 11.2. The maximum absolute atomic E-state index is 13.2. The molecule has 0 radical (unpaired) electrons. The highest BCUT2D eigenvalue weighted by Crippen LogP contribution is 2.37. The summed E-state index contributed by atoms with van der Waals surface area (Å²) in [6.07, 6.45) is -8.31. The second-order valence-electron chi connectivity index (χ2n) is 8.89. The Hall–Kier alpha value is -2.79. The van der Waals surface area contributed by atoms with E-state index < -0.39 is 35.6 Å². The molecule has 2 heterocycles. The fourth-order valence-corrected chi connectivity index (χ4v) is 4.62. The number of halogens is 6. The molecule has 2 fully saturated rings. The van der Waals surface area contributed by atoms with E-state index in [0.29, 0.717) is 12.1 Å². The SMILES string of the molecule is O=C1NC(COCc2cc(C(F)(F)F)cc(C(F)(F)F)c2)(c2ccccc2)CN1C1CCNCC1. The summed E-state index contributed by atoms with van der Waals surface area (Å²) < 4.78 is 84.8. The van der Waals surface area contributed by atoms with Gasteiger partial charge in [0.2, 0.25) is 0 Å². The van der Waals surface area contributed by atoms with Crippen LogP contribution >= 0.6 is 0 Å². The monoisotopic (exact) mass is 501 g/mol. The predicted octanol–water partition coefficient (Wildman–Crippen LogP) is 4.91. The van der Waals surface area contributed by atoms with Crippen LogP contribution in [0.5, 0.6) is 0 Å². The summed E-state index contributed by atoms with van der Waals surface area (Å²) in [7, 11) is 0. The fourth-order valence-electron chi connectivity index (χ4n) is 4.62. The molecule has 2 amide bonds. The zero-order valence-electron chi connectivity index (χ0n) is 18.7. The number of hydrogen-bond donors (Lipinski definition) is 2. The number of carbonyl (C=O) groups is 1. The lowest BCUT2D eigenvalue weighted by Gasteiger charge is -2.33. The van der Waals surface area contributed by atoms with E-state index in [-0.39, 0.29) is 36.9 Å². The summed E-state index contributed by atoms with van der Waals surface area (Å²) >= 11 is 0. The number of hydrogen-bond acceptors (Lipinski definition) is 3. The van der Waals surface area contributed by atoms with Crippen molar-refractivity contribution in [2.24, 2.45) is 0 Å². The van der Waals surface area contributed by atoms with E-state index in [0.717, 1.165) is 31.5 Å². The van der Waals surface area contributed by atoms with Crippen LogP contribution in [0.3, 0.4) is 0 Å². The minimum Gasteiger partial charge on any atom is -0.374 e. The van der Waals surface area contributed by atoms with Gasteiger partial charge in [-0.25, -0.2) is 4.79 Å². The molecule has 0 saturated carbocycles. The Labute approximate surface area is 198 Å². The molecule has 1 unspecified atom stereocenters. The molecule has 35 heavy (non-hydrogen) atoms. The normalized spacial score (nSPS) is 21.9. The first-order valence-electron chi connectivity index (χ1n) is 11.2. The largest absolute Gasteiger partial charge is 0.416 e. The van der Waals surface area contributed by atoms with Crippen molar-refractivity contribution in [1.82, 2.24) is 15.5 Å². The Kier molecular flexibility index (Phi) is 7.01. The number of urea groups is 1. The van der Waals surface area contributed by atoms with Crippen molar-refractivity contribution >= 4 is 6.03 Å². The average Bonchev–Trinajstić information content (AvgIpc) is 3.16. The molecule has 190 valence electrons. The number of ether oxygens (including phenoxy) is 1. The molecule has 1 atom stereocenters. The molecular weight excluding hydrogens is 476 g/mol. The standard InChI is InChI=1S/C24H25F6N3O2/c25-23(26,27)18-10-16(11-19(12-18)24(28,29)30)13-35-15-22(17-4-2-1-3-5-17)14-33(21(34)32-22)20-6-8-31-9-7-20/h1-5,10-12,20,31H,6-9,13-15H2,(H,32,34). The van der Waals surface area contributed by atoms with Crippen LogP contribution in [-0.2, 0) is 29.2 Å². The van der Waals surface area contributed by atoms with Crippen LogP contribution in [0.15, 0.2) is 48.5 Å². The van der Waals surface area contributed by atoms with Crippen LogP contribution in [0.25, 0.3) is 0 Å². The topological polar surface area (TPSA) is 53.6 Å². The van der Waals surface area contributed by atoms with Gasteiger partial charge in [0.05, 0.1) is 30.9 Å². The van der Waals surface area contributed by atoms with Crippen LogP contribution in [0.4, 0.5) is 31.1 Å². The number of piperidine rings is 1. The molecule has 2 N–H and O–H groups in total. The zero-order chi connectivity index (χ0) is 25.3. The van der Waals surface area contributed by atoms with Crippen LogP contribution in [0.1, 0.15) is 35.1 Å². The van der Waals surface area contributed by atoms with Crippen LogP contribution in [0, 0.1) is 0 Å². The number of carbonyl (C=O) groups excluding carboxylic acids is 1. The number of nitrogens with zero attached hydrogens (tertiary/aromatic N) is 1. The van der Waals surface area contributed by atoms with Crippen molar-refractivity contribution in [2.45, 2.75) is 43.4 Å². The van der Waals surface area contributed by atoms with Gasteiger partial charge in [0.1, 0.15) is 5.54 Å². The number of alkyl halides is 6. The van der Waals surface area contributed by atoms with Gasteiger partial charge in [-0.2, -0.15) is 26.3 Å².